The zero-order valence-corrected chi connectivity index (χ0v) is 8.46. The minimum absolute atomic E-state index is 0.349. The number of carbonyl (C=O) groups excluding carboxylic acids is 2. The van der Waals surface area contributed by atoms with Crippen LogP contribution in [0.3, 0.4) is 0 Å². The van der Waals surface area contributed by atoms with Crippen molar-refractivity contribution in [1.82, 2.24) is 5.32 Å². The lowest BCUT2D eigenvalue weighted by Crippen LogP contribution is -2.35. The predicted molar refractivity (Wildman–Crippen MR) is 53.6 cm³/mol. The molecule has 0 fully saturated rings. The van der Waals surface area contributed by atoms with Crippen molar-refractivity contribution in [2.24, 2.45) is 0 Å². The molecule has 0 aliphatic rings. The summed E-state index contributed by atoms with van der Waals surface area (Å²) in [7, 11) is 0. The lowest BCUT2D eigenvalue weighted by atomic mass is 10.3. The molecule has 0 aromatic heterocycles. The molecular weight excluding hydrogens is 232 g/mol. The SMILES string of the molecule is N#CCNC(=O)C(=O)Nc1cccc(F)c1F. The monoisotopic (exact) mass is 239 g/mol. The van der Waals surface area contributed by atoms with Crippen molar-refractivity contribution in [3.8, 4) is 6.07 Å². The van der Waals surface area contributed by atoms with Crippen LogP contribution in [0.15, 0.2) is 18.2 Å². The molecule has 0 spiro atoms. The van der Waals surface area contributed by atoms with Gasteiger partial charge in [-0.1, -0.05) is 6.07 Å². The van der Waals surface area contributed by atoms with E-state index < -0.39 is 29.1 Å². The molecule has 5 nitrogen and oxygen atoms in total. The first-order valence-corrected chi connectivity index (χ1v) is 4.46. The fourth-order valence-corrected chi connectivity index (χ4v) is 0.980. The fraction of sp³-hybridized carbons (Fsp3) is 0.100. The van der Waals surface area contributed by atoms with Crippen LogP contribution in [-0.2, 0) is 9.59 Å². The second-order valence-electron chi connectivity index (χ2n) is 2.90. The summed E-state index contributed by atoms with van der Waals surface area (Å²) < 4.78 is 25.9. The van der Waals surface area contributed by atoms with Gasteiger partial charge in [0, 0.05) is 0 Å². The molecule has 2 N–H and O–H groups in total. The van der Waals surface area contributed by atoms with Gasteiger partial charge in [0.15, 0.2) is 11.6 Å². The van der Waals surface area contributed by atoms with Crippen molar-refractivity contribution in [3.63, 3.8) is 0 Å². The molecular formula is C10H7F2N3O2. The lowest BCUT2D eigenvalue weighted by Gasteiger charge is -2.05. The highest BCUT2D eigenvalue weighted by Gasteiger charge is 2.16. The van der Waals surface area contributed by atoms with E-state index in [9.17, 15) is 18.4 Å². The van der Waals surface area contributed by atoms with Crippen molar-refractivity contribution < 1.29 is 18.4 Å². The standard InChI is InChI=1S/C10H7F2N3O2/c11-6-2-1-3-7(8(6)12)15-10(17)9(16)14-5-4-13/h1-3H,5H2,(H,14,16)(H,15,17). The highest BCUT2D eigenvalue weighted by molar-refractivity contribution is 6.39. The number of rotatable bonds is 2. The molecule has 17 heavy (non-hydrogen) atoms. The maximum Gasteiger partial charge on any atom is 0.313 e. The topological polar surface area (TPSA) is 82.0 Å². The number of nitriles is 1. The molecule has 2 amide bonds. The van der Waals surface area contributed by atoms with Gasteiger partial charge in [-0.3, -0.25) is 9.59 Å². The number of nitrogens with one attached hydrogen (secondary N) is 2. The Labute approximate surface area is 95.0 Å². The number of amides is 2. The molecule has 0 aliphatic heterocycles. The molecule has 7 heteroatoms. The summed E-state index contributed by atoms with van der Waals surface area (Å²) in [5, 5.41) is 12.0. The van der Waals surface area contributed by atoms with E-state index in [1.165, 1.54) is 6.07 Å². The quantitative estimate of drug-likeness (QED) is 0.583. The maximum absolute atomic E-state index is 13.1. The molecule has 0 aliphatic carbocycles. The van der Waals surface area contributed by atoms with E-state index >= 15 is 0 Å². The fourth-order valence-electron chi connectivity index (χ4n) is 0.980. The summed E-state index contributed by atoms with van der Waals surface area (Å²) in [6, 6.07) is 4.75. The van der Waals surface area contributed by atoms with Crippen LogP contribution in [0.4, 0.5) is 14.5 Å². The molecule has 88 valence electrons. The van der Waals surface area contributed by atoms with Gasteiger partial charge < -0.3 is 10.6 Å². The third-order valence-electron chi connectivity index (χ3n) is 1.73. The number of benzene rings is 1. The van der Waals surface area contributed by atoms with Gasteiger partial charge in [0.1, 0.15) is 6.54 Å². The summed E-state index contributed by atoms with van der Waals surface area (Å²) in [6.45, 7) is -0.349. The van der Waals surface area contributed by atoms with E-state index in [1.54, 1.807) is 6.07 Å². The van der Waals surface area contributed by atoms with Crippen LogP contribution < -0.4 is 10.6 Å². The number of anilines is 1. The second-order valence-corrected chi connectivity index (χ2v) is 2.90. The molecule has 0 saturated heterocycles. The zero-order chi connectivity index (χ0) is 12.8. The minimum atomic E-state index is -1.26. The summed E-state index contributed by atoms with van der Waals surface area (Å²) in [6.07, 6.45) is 0. The Morgan fingerprint density at radius 2 is 2.00 bits per heavy atom. The summed E-state index contributed by atoms with van der Waals surface area (Å²) in [4.78, 5) is 22.2. The normalized spacial score (nSPS) is 9.24. The second kappa shape index (κ2) is 5.55. The summed E-state index contributed by atoms with van der Waals surface area (Å²) in [5.74, 6) is -4.67. The van der Waals surface area contributed by atoms with Gasteiger partial charge in [0.05, 0.1) is 11.8 Å². The van der Waals surface area contributed by atoms with Crippen molar-refractivity contribution in [3.05, 3.63) is 29.8 Å². The third-order valence-corrected chi connectivity index (χ3v) is 1.73. The Bertz CT molecular complexity index is 497. The van der Waals surface area contributed by atoms with Crippen LogP contribution in [0.5, 0.6) is 0 Å². The average Bonchev–Trinajstić information content (AvgIpc) is 2.31. The largest absolute Gasteiger partial charge is 0.335 e. The van der Waals surface area contributed by atoms with Gasteiger partial charge in [-0.25, -0.2) is 8.78 Å². The molecule has 0 atom stereocenters. The average molecular weight is 239 g/mol. The van der Waals surface area contributed by atoms with Gasteiger partial charge in [-0.15, -0.1) is 0 Å². The van der Waals surface area contributed by atoms with Crippen LogP contribution in [-0.4, -0.2) is 18.4 Å². The minimum Gasteiger partial charge on any atom is -0.335 e. The summed E-state index contributed by atoms with van der Waals surface area (Å²) >= 11 is 0. The van der Waals surface area contributed by atoms with Crippen LogP contribution >= 0.6 is 0 Å². The molecule has 0 saturated carbocycles. The number of hydrogen-bond acceptors (Lipinski definition) is 3. The highest BCUT2D eigenvalue weighted by atomic mass is 19.2. The Balaban J connectivity index is 2.72. The predicted octanol–water partition coefficient (Wildman–Crippen LogP) is 0.543. The Morgan fingerprint density at radius 3 is 2.65 bits per heavy atom. The van der Waals surface area contributed by atoms with Crippen LogP contribution in [0.1, 0.15) is 0 Å². The highest BCUT2D eigenvalue weighted by Crippen LogP contribution is 2.16. The number of halogens is 2. The van der Waals surface area contributed by atoms with Crippen molar-refractivity contribution in [1.29, 1.82) is 5.26 Å². The van der Waals surface area contributed by atoms with Crippen LogP contribution in [0, 0.1) is 23.0 Å². The van der Waals surface area contributed by atoms with E-state index in [-0.39, 0.29) is 6.54 Å². The van der Waals surface area contributed by atoms with Gasteiger partial charge >= 0.3 is 11.8 Å². The van der Waals surface area contributed by atoms with E-state index in [0.717, 1.165) is 12.1 Å². The summed E-state index contributed by atoms with van der Waals surface area (Å²) in [5.41, 5.74) is -0.442. The Kier molecular flexibility index (Phi) is 4.11. The first-order valence-electron chi connectivity index (χ1n) is 4.46. The van der Waals surface area contributed by atoms with E-state index in [2.05, 4.69) is 0 Å². The van der Waals surface area contributed by atoms with Crippen molar-refractivity contribution >= 4 is 17.5 Å². The number of nitrogens with zero attached hydrogens (tertiary/aromatic N) is 1. The molecule has 1 aromatic rings. The number of hydrogen-bond donors (Lipinski definition) is 2. The van der Waals surface area contributed by atoms with Crippen LogP contribution in [0.2, 0.25) is 0 Å². The third kappa shape index (κ3) is 3.24. The van der Waals surface area contributed by atoms with Gasteiger partial charge in [0.2, 0.25) is 0 Å². The molecule has 0 heterocycles. The van der Waals surface area contributed by atoms with E-state index in [4.69, 9.17) is 5.26 Å². The number of carbonyl (C=O) groups is 2. The molecule has 1 aromatic carbocycles. The first kappa shape index (κ1) is 12.6. The molecule has 0 unspecified atom stereocenters. The Morgan fingerprint density at radius 1 is 1.29 bits per heavy atom. The maximum atomic E-state index is 13.1. The molecule has 1 rings (SSSR count). The van der Waals surface area contributed by atoms with Crippen molar-refractivity contribution in [2.45, 2.75) is 0 Å². The molecule has 0 radical (unpaired) electrons. The van der Waals surface area contributed by atoms with Crippen molar-refractivity contribution in [2.75, 3.05) is 11.9 Å². The first-order chi connectivity index (χ1) is 8.06. The van der Waals surface area contributed by atoms with Gasteiger partial charge in [-0.2, -0.15) is 5.26 Å². The molecule has 0 bridgehead atoms. The lowest BCUT2D eigenvalue weighted by molar-refractivity contribution is -0.136. The Hall–Kier alpha value is -2.49. The van der Waals surface area contributed by atoms with Gasteiger partial charge in [0.25, 0.3) is 0 Å². The van der Waals surface area contributed by atoms with Gasteiger partial charge in [-0.05, 0) is 12.1 Å². The zero-order valence-electron chi connectivity index (χ0n) is 8.46. The van der Waals surface area contributed by atoms with Crippen LogP contribution in [0.25, 0.3) is 0 Å². The van der Waals surface area contributed by atoms with E-state index in [1.807, 2.05) is 10.6 Å². The van der Waals surface area contributed by atoms with E-state index in [0.29, 0.717) is 0 Å². The smallest absolute Gasteiger partial charge is 0.313 e.